The van der Waals surface area contributed by atoms with Crippen LogP contribution in [-0.2, 0) is 6.42 Å². The van der Waals surface area contributed by atoms with E-state index in [0.717, 1.165) is 24.2 Å². The molecule has 20 heavy (non-hydrogen) atoms. The highest BCUT2D eigenvalue weighted by atomic mass is 16.1. The van der Waals surface area contributed by atoms with E-state index in [1.165, 1.54) is 5.56 Å². The summed E-state index contributed by atoms with van der Waals surface area (Å²) in [5, 5.41) is 5.81. The van der Waals surface area contributed by atoms with Crippen LogP contribution in [-0.4, -0.2) is 17.9 Å². The van der Waals surface area contributed by atoms with Crippen LogP contribution in [0.1, 0.15) is 29.4 Å². The first-order valence-corrected chi connectivity index (χ1v) is 6.77. The summed E-state index contributed by atoms with van der Waals surface area (Å²) in [7, 11) is 1.81. The van der Waals surface area contributed by atoms with E-state index in [1.54, 1.807) is 12.3 Å². The predicted octanol–water partition coefficient (Wildman–Crippen LogP) is 3.33. The van der Waals surface area contributed by atoms with Gasteiger partial charge in [0.1, 0.15) is 5.69 Å². The van der Waals surface area contributed by atoms with Crippen LogP contribution >= 0.6 is 0 Å². The van der Waals surface area contributed by atoms with E-state index in [4.69, 9.17) is 0 Å². The SMILES string of the molecule is CCCc1ccc(NC(=O)c2ccc(NC)cn2)cc1. The van der Waals surface area contributed by atoms with Crippen molar-refractivity contribution in [2.24, 2.45) is 0 Å². The fourth-order valence-electron chi connectivity index (χ4n) is 1.91. The number of benzene rings is 1. The summed E-state index contributed by atoms with van der Waals surface area (Å²) >= 11 is 0. The van der Waals surface area contributed by atoms with Crippen molar-refractivity contribution in [1.29, 1.82) is 0 Å². The zero-order valence-electron chi connectivity index (χ0n) is 11.8. The second-order valence-electron chi connectivity index (χ2n) is 4.58. The van der Waals surface area contributed by atoms with Gasteiger partial charge in [-0.3, -0.25) is 4.79 Å². The van der Waals surface area contributed by atoms with Gasteiger partial charge in [-0.2, -0.15) is 0 Å². The first-order chi connectivity index (χ1) is 9.72. The van der Waals surface area contributed by atoms with Crippen LogP contribution in [0.4, 0.5) is 11.4 Å². The van der Waals surface area contributed by atoms with Crippen LogP contribution in [0.2, 0.25) is 0 Å². The number of hydrogen-bond donors (Lipinski definition) is 2. The molecule has 0 spiro atoms. The van der Waals surface area contributed by atoms with Crippen LogP contribution < -0.4 is 10.6 Å². The van der Waals surface area contributed by atoms with Gasteiger partial charge in [0.15, 0.2) is 0 Å². The van der Waals surface area contributed by atoms with Gasteiger partial charge in [-0.25, -0.2) is 4.98 Å². The molecule has 0 bridgehead atoms. The Balaban J connectivity index is 2.02. The lowest BCUT2D eigenvalue weighted by atomic mass is 10.1. The normalized spacial score (nSPS) is 10.1. The number of hydrogen-bond acceptors (Lipinski definition) is 3. The molecule has 4 heteroatoms. The largest absolute Gasteiger partial charge is 0.387 e. The summed E-state index contributed by atoms with van der Waals surface area (Å²) in [5.41, 5.74) is 3.35. The molecule has 1 aromatic heterocycles. The van der Waals surface area contributed by atoms with Crippen LogP contribution in [0.15, 0.2) is 42.6 Å². The number of rotatable bonds is 5. The minimum Gasteiger partial charge on any atom is -0.387 e. The maximum absolute atomic E-state index is 12.0. The highest BCUT2D eigenvalue weighted by Crippen LogP contribution is 2.12. The van der Waals surface area contributed by atoms with Gasteiger partial charge in [-0.15, -0.1) is 0 Å². The summed E-state index contributed by atoms with van der Waals surface area (Å²) in [6.07, 6.45) is 3.81. The second-order valence-corrected chi connectivity index (χ2v) is 4.58. The van der Waals surface area contributed by atoms with Crippen molar-refractivity contribution in [3.8, 4) is 0 Å². The fourth-order valence-corrected chi connectivity index (χ4v) is 1.91. The van der Waals surface area contributed by atoms with Crippen LogP contribution in [0.5, 0.6) is 0 Å². The van der Waals surface area contributed by atoms with Crippen molar-refractivity contribution < 1.29 is 4.79 Å². The Morgan fingerprint density at radius 3 is 2.35 bits per heavy atom. The molecule has 0 saturated carbocycles. The molecule has 104 valence electrons. The molecule has 0 aliphatic carbocycles. The monoisotopic (exact) mass is 269 g/mol. The predicted molar refractivity (Wildman–Crippen MR) is 82.2 cm³/mol. The van der Waals surface area contributed by atoms with Crippen LogP contribution in [0, 0.1) is 0 Å². The number of pyridine rings is 1. The summed E-state index contributed by atoms with van der Waals surface area (Å²) in [5.74, 6) is -0.198. The Morgan fingerprint density at radius 2 is 1.80 bits per heavy atom. The molecule has 1 aromatic carbocycles. The van der Waals surface area contributed by atoms with Crippen molar-refractivity contribution >= 4 is 17.3 Å². The lowest BCUT2D eigenvalue weighted by molar-refractivity contribution is 0.102. The molecule has 4 nitrogen and oxygen atoms in total. The number of carbonyl (C=O) groups is 1. The maximum atomic E-state index is 12.0. The number of nitrogens with one attached hydrogen (secondary N) is 2. The van der Waals surface area contributed by atoms with Crippen molar-refractivity contribution in [3.05, 3.63) is 53.9 Å². The number of carbonyl (C=O) groups excluding carboxylic acids is 1. The fraction of sp³-hybridized carbons (Fsp3) is 0.250. The topological polar surface area (TPSA) is 54.0 Å². The van der Waals surface area contributed by atoms with Gasteiger partial charge < -0.3 is 10.6 Å². The van der Waals surface area contributed by atoms with Gasteiger partial charge in [0, 0.05) is 12.7 Å². The van der Waals surface area contributed by atoms with E-state index in [0.29, 0.717) is 5.69 Å². The van der Waals surface area contributed by atoms with E-state index < -0.39 is 0 Å². The third-order valence-corrected chi connectivity index (χ3v) is 3.04. The number of amides is 1. The lowest BCUT2D eigenvalue weighted by Crippen LogP contribution is -2.13. The molecule has 0 atom stereocenters. The minimum absolute atomic E-state index is 0.198. The molecule has 0 saturated heterocycles. The van der Waals surface area contributed by atoms with E-state index >= 15 is 0 Å². The molecule has 0 fully saturated rings. The Hall–Kier alpha value is -2.36. The van der Waals surface area contributed by atoms with Gasteiger partial charge >= 0.3 is 0 Å². The van der Waals surface area contributed by atoms with E-state index in [1.807, 2.05) is 37.4 Å². The number of anilines is 2. The van der Waals surface area contributed by atoms with Gasteiger partial charge in [0.25, 0.3) is 5.91 Å². The molecule has 1 amide bonds. The van der Waals surface area contributed by atoms with Crippen molar-refractivity contribution in [3.63, 3.8) is 0 Å². The van der Waals surface area contributed by atoms with E-state index in [2.05, 4.69) is 22.5 Å². The third kappa shape index (κ3) is 3.57. The zero-order valence-corrected chi connectivity index (χ0v) is 11.8. The summed E-state index contributed by atoms with van der Waals surface area (Å²) < 4.78 is 0. The molecular weight excluding hydrogens is 250 g/mol. The Labute approximate surface area is 119 Å². The Bertz CT molecular complexity index is 561. The van der Waals surface area contributed by atoms with Crippen LogP contribution in [0.3, 0.4) is 0 Å². The lowest BCUT2D eigenvalue weighted by Gasteiger charge is -2.06. The Kier molecular flexibility index (Phi) is 4.71. The molecule has 1 heterocycles. The van der Waals surface area contributed by atoms with Crippen molar-refractivity contribution in [2.75, 3.05) is 17.7 Å². The first kappa shape index (κ1) is 14.1. The molecule has 2 rings (SSSR count). The zero-order chi connectivity index (χ0) is 14.4. The van der Waals surface area contributed by atoms with E-state index in [-0.39, 0.29) is 5.91 Å². The van der Waals surface area contributed by atoms with Gasteiger partial charge in [-0.1, -0.05) is 25.5 Å². The van der Waals surface area contributed by atoms with Gasteiger partial charge in [0.05, 0.1) is 11.9 Å². The summed E-state index contributed by atoms with van der Waals surface area (Å²) in [4.78, 5) is 16.1. The first-order valence-electron chi connectivity index (χ1n) is 6.77. The van der Waals surface area contributed by atoms with Crippen molar-refractivity contribution in [2.45, 2.75) is 19.8 Å². The second kappa shape index (κ2) is 6.70. The van der Waals surface area contributed by atoms with Crippen LogP contribution in [0.25, 0.3) is 0 Å². The highest BCUT2D eigenvalue weighted by Gasteiger charge is 2.07. The number of nitrogens with zero attached hydrogens (tertiary/aromatic N) is 1. The summed E-state index contributed by atoms with van der Waals surface area (Å²) in [6.45, 7) is 2.15. The third-order valence-electron chi connectivity index (χ3n) is 3.04. The molecule has 2 N–H and O–H groups in total. The molecule has 2 aromatic rings. The standard InChI is InChI=1S/C16H19N3O/c1-3-4-12-5-7-13(8-6-12)19-16(20)15-10-9-14(17-2)11-18-15/h5-11,17H,3-4H2,1-2H3,(H,19,20). The molecule has 0 unspecified atom stereocenters. The smallest absolute Gasteiger partial charge is 0.274 e. The molecule has 0 radical (unpaired) electrons. The van der Waals surface area contributed by atoms with E-state index in [9.17, 15) is 4.79 Å². The average Bonchev–Trinajstić information content (AvgIpc) is 2.49. The minimum atomic E-state index is -0.198. The average molecular weight is 269 g/mol. The maximum Gasteiger partial charge on any atom is 0.274 e. The molecular formula is C16H19N3O. The number of aromatic nitrogens is 1. The van der Waals surface area contributed by atoms with Crippen molar-refractivity contribution in [1.82, 2.24) is 4.98 Å². The highest BCUT2D eigenvalue weighted by molar-refractivity contribution is 6.02. The van der Waals surface area contributed by atoms with Gasteiger partial charge in [-0.05, 0) is 36.2 Å². The Morgan fingerprint density at radius 1 is 1.10 bits per heavy atom. The number of aryl methyl sites for hydroxylation is 1. The summed E-state index contributed by atoms with van der Waals surface area (Å²) in [6, 6.07) is 11.4. The quantitative estimate of drug-likeness (QED) is 0.875. The molecule has 0 aliphatic heterocycles. The van der Waals surface area contributed by atoms with Gasteiger partial charge in [0.2, 0.25) is 0 Å². The molecule has 0 aliphatic rings.